The van der Waals surface area contributed by atoms with Crippen molar-refractivity contribution in [3.63, 3.8) is 0 Å². The zero-order valence-electron chi connectivity index (χ0n) is 12.6. The van der Waals surface area contributed by atoms with E-state index in [1.165, 1.54) is 16.8 Å². The van der Waals surface area contributed by atoms with Gasteiger partial charge in [-0.1, -0.05) is 60.7 Å². The molecule has 0 aliphatic carbocycles. The minimum atomic E-state index is 0.0701. The molecule has 0 spiro atoms. The molecule has 2 aromatic rings. The second-order valence-corrected chi connectivity index (χ2v) is 5.66. The van der Waals surface area contributed by atoms with Crippen molar-refractivity contribution >= 4 is 22.9 Å². The van der Waals surface area contributed by atoms with E-state index in [0.717, 1.165) is 13.1 Å². The van der Waals surface area contributed by atoms with Crippen LogP contribution in [0.3, 0.4) is 0 Å². The van der Waals surface area contributed by atoms with E-state index >= 15 is 0 Å². The van der Waals surface area contributed by atoms with E-state index in [-0.39, 0.29) is 5.92 Å². The molecular formula is C18H22N2S. The zero-order chi connectivity index (χ0) is 15.2. The van der Waals surface area contributed by atoms with Crippen LogP contribution in [0.25, 0.3) is 0 Å². The number of likely N-dealkylation sites (N-methyl/N-ethyl adjacent to an activating group) is 1. The Hall–Kier alpha value is -1.87. The summed E-state index contributed by atoms with van der Waals surface area (Å²) < 4.78 is 0. The number of rotatable bonds is 6. The van der Waals surface area contributed by atoms with Gasteiger partial charge in [-0.05, 0) is 31.0 Å². The molecule has 1 unspecified atom stereocenters. The van der Waals surface area contributed by atoms with Gasteiger partial charge in [-0.2, -0.15) is 0 Å². The van der Waals surface area contributed by atoms with Crippen LogP contribution in [-0.4, -0.2) is 18.1 Å². The monoisotopic (exact) mass is 298 g/mol. The normalized spacial score (nSPS) is 11.9. The number of thiocarbonyl (C=S) groups is 1. The summed E-state index contributed by atoms with van der Waals surface area (Å²) >= 11 is 5.30. The second-order valence-electron chi connectivity index (χ2n) is 5.19. The Morgan fingerprint density at radius 3 is 2.29 bits per heavy atom. The molecule has 0 bridgehead atoms. The summed E-state index contributed by atoms with van der Waals surface area (Å²) in [6.45, 7) is 6.03. The Labute approximate surface area is 132 Å². The SMILES string of the molecule is CCN(CC(C(N)=S)c1ccccc1)c1ccccc1C. The van der Waals surface area contributed by atoms with Crippen molar-refractivity contribution in [3.05, 3.63) is 65.7 Å². The average Bonchev–Trinajstić information content (AvgIpc) is 2.50. The van der Waals surface area contributed by atoms with Crippen LogP contribution in [0.5, 0.6) is 0 Å². The summed E-state index contributed by atoms with van der Waals surface area (Å²) in [6.07, 6.45) is 0. The van der Waals surface area contributed by atoms with Gasteiger partial charge in [-0.25, -0.2) is 0 Å². The quantitative estimate of drug-likeness (QED) is 0.820. The molecule has 0 amide bonds. The maximum Gasteiger partial charge on any atom is 0.0821 e. The van der Waals surface area contributed by atoms with Crippen molar-refractivity contribution in [1.82, 2.24) is 0 Å². The highest BCUT2D eigenvalue weighted by atomic mass is 32.1. The minimum absolute atomic E-state index is 0.0701. The van der Waals surface area contributed by atoms with Crippen LogP contribution < -0.4 is 10.6 Å². The number of hydrogen-bond donors (Lipinski definition) is 1. The van der Waals surface area contributed by atoms with Crippen LogP contribution in [0.1, 0.15) is 24.0 Å². The van der Waals surface area contributed by atoms with Gasteiger partial charge in [-0.15, -0.1) is 0 Å². The Bertz CT molecular complexity index is 595. The fourth-order valence-corrected chi connectivity index (χ4v) is 2.79. The van der Waals surface area contributed by atoms with E-state index in [1.807, 2.05) is 18.2 Å². The molecule has 0 radical (unpaired) electrons. The first kappa shape index (κ1) is 15.5. The molecule has 2 aromatic carbocycles. The molecule has 2 rings (SSSR count). The summed E-state index contributed by atoms with van der Waals surface area (Å²) in [5.41, 5.74) is 9.69. The van der Waals surface area contributed by atoms with Crippen LogP contribution in [0.2, 0.25) is 0 Å². The molecule has 0 aromatic heterocycles. The number of aryl methyl sites for hydroxylation is 1. The van der Waals surface area contributed by atoms with E-state index in [0.29, 0.717) is 4.99 Å². The van der Waals surface area contributed by atoms with E-state index in [9.17, 15) is 0 Å². The van der Waals surface area contributed by atoms with Crippen LogP contribution in [0, 0.1) is 6.92 Å². The molecule has 0 aliphatic heterocycles. The van der Waals surface area contributed by atoms with E-state index in [2.05, 4.69) is 55.1 Å². The summed E-state index contributed by atoms with van der Waals surface area (Å²) in [6, 6.07) is 18.7. The number of nitrogens with two attached hydrogens (primary N) is 1. The van der Waals surface area contributed by atoms with Crippen molar-refractivity contribution in [1.29, 1.82) is 0 Å². The summed E-state index contributed by atoms with van der Waals surface area (Å²) in [5.74, 6) is 0.0701. The Kier molecular flexibility index (Phi) is 5.34. The third-order valence-corrected chi connectivity index (χ3v) is 4.07. The number of nitrogens with zero attached hydrogens (tertiary/aromatic N) is 1. The largest absolute Gasteiger partial charge is 0.393 e. The number of anilines is 1. The Morgan fingerprint density at radius 1 is 1.10 bits per heavy atom. The molecular weight excluding hydrogens is 276 g/mol. The van der Waals surface area contributed by atoms with Crippen molar-refractivity contribution in [2.24, 2.45) is 5.73 Å². The highest BCUT2D eigenvalue weighted by Crippen LogP contribution is 2.24. The first-order chi connectivity index (χ1) is 10.1. The fourth-order valence-electron chi connectivity index (χ4n) is 2.58. The first-order valence-electron chi connectivity index (χ1n) is 7.28. The number of para-hydroxylation sites is 1. The van der Waals surface area contributed by atoms with Crippen molar-refractivity contribution in [3.8, 4) is 0 Å². The van der Waals surface area contributed by atoms with Crippen LogP contribution in [-0.2, 0) is 0 Å². The van der Waals surface area contributed by atoms with E-state index < -0.39 is 0 Å². The van der Waals surface area contributed by atoms with Gasteiger partial charge in [0.1, 0.15) is 0 Å². The maximum absolute atomic E-state index is 5.99. The highest BCUT2D eigenvalue weighted by molar-refractivity contribution is 7.80. The summed E-state index contributed by atoms with van der Waals surface area (Å²) in [5, 5.41) is 0. The molecule has 1 atom stereocenters. The van der Waals surface area contributed by atoms with Gasteiger partial charge in [-0.3, -0.25) is 0 Å². The molecule has 110 valence electrons. The topological polar surface area (TPSA) is 29.3 Å². The fraction of sp³-hybridized carbons (Fsp3) is 0.278. The average molecular weight is 298 g/mol. The van der Waals surface area contributed by atoms with Gasteiger partial charge in [0.2, 0.25) is 0 Å². The van der Waals surface area contributed by atoms with Gasteiger partial charge >= 0.3 is 0 Å². The van der Waals surface area contributed by atoms with Crippen LogP contribution in [0.4, 0.5) is 5.69 Å². The predicted molar refractivity (Wildman–Crippen MR) is 95.0 cm³/mol. The standard InChI is InChI=1S/C18H22N2S/c1-3-20(17-12-8-7-9-14(17)2)13-16(18(19)21)15-10-5-4-6-11-15/h4-12,16H,3,13H2,1-2H3,(H2,19,21). The van der Waals surface area contributed by atoms with Gasteiger partial charge in [0.25, 0.3) is 0 Å². The molecule has 21 heavy (non-hydrogen) atoms. The van der Waals surface area contributed by atoms with Gasteiger partial charge in [0.05, 0.1) is 10.9 Å². The second kappa shape index (κ2) is 7.23. The lowest BCUT2D eigenvalue weighted by atomic mass is 9.98. The van der Waals surface area contributed by atoms with Gasteiger partial charge < -0.3 is 10.6 Å². The van der Waals surface area contributed by atoms with Gasteiger partial charge in [0.15, 0.2) is 0 Å². The maximum atomic E-state index is 5.99. The van der Waals surface area contributed by atoms with Crippen LogP contribution in [0.15, 0.2) is 54.6 Å². The lowest BCUT2D eigenvalue weighted by Gasteiger charge is -2.29. The third-order valence-electron chi connectivity index (χ3n) is 3.79. The molecule has 3 heteroatoms. The minimum Gasteiger partial charge on any atom is -0.393 e. The summed E-state index contributed by atoms with van der Waals surface area (Å²) in [7, 11) is 0. The molecule has 0 fully saturated rings. The molecule has 0 saturated carbocycles. The molecule has 0 heterocycles. The number of benzene rings is 2. The Balaban J connectivity index is 2.27. The van der Waals surface area contributed by atoms with E-state index in [1.54, 1.807) is 0 Å². The van der Waals surface area contributed by atoms with Crippen molar-refractivity contribution in [2.45, 2.75) is 19.8 Å². The number of hydrogen-bond acceptors (Lipinski definition) is 2. The van der Waals surface area contributed by atoms with Crippen molar-refractivity contribution < 1.29 is 0 Å². The van der Waals surface area contributed by atoms with Gasteiger partial charge in [0, 0.05) is 18.8 Å². The molecule has 0 saturated heterocycles. The zero-order valence-corrected chi connectivity index (χ0v) is 13.4. The molecule has 2 N–H and O–H groups in total. The molecule has 2 nitrogen and oxygen atoms in total. The van der Waals surface area contributed by atoms with E-state index in [4.69, 9.17) is 18.0 Å². The molecule has 0 aliphatic rings. The highest BCUT2D eigenvalue weighted by Gasteiger charge is 2.19. The third kappa shape index (κ3) is 3.82. The first-order valence-corrected chi connectivity index (χ1v) is 7.69. The predicted octanol–water partition coefficient (Wildman–Crippen LogP) is 3.89. The Morgan fingerprint density at radius 2 is 1.71 bits per heavy atom. The summed E-state index contributed by atoms with van der Waals surface area (Å²) in [4.78, 5) is 2.89. The lowest BCUT2D eigenvalue weighted by molar-refractivity contribution is 0.770. The van der Waals surface area contributed by atoms with Crippen molar-refractivity contribution in [2.75, 3.05) is 18.0 Å². The smallest absolute Gasteiger partial charge is 0.0821 e. The van der Waals surface area contributed by atoms with Crippen LogP contribution >= 0.6 is 12.2 Å². The lowest BCUT2D eigenvalue weighted by Crippen LogP contribution is -2.34.